The van der Waals surface area contributed by atoms with Gasteiger partial charge in [-0.25, -0.2) is 4.79 Å². The second kappa shape index (κ2) is 9.24. The maximum Gasteiger partial charge on any atom is 0.327 e. The molecular weight excluding hydrogens is 364 g/mol. The lowest BCUT2D eigenvalue weighted by atomic mass is 9.85. The normalized spacial score (nSPS) is 19.9. The topological polar surface area (TPSA) is 56.8 Å². The van der Waals surface area contributed by atoms with Crippen LogP contribution < -0.4 is 0 Å². The largest absolute Gasteiger partial charge is 0.327 e. The van der Waals surface area contributed by atoms with Gasteiger partial charge in [0.15, 0.2) is 0 Å². The maximum absolute atomic E-state index is 13.5. The number of hydrogen-bond acceptors (Lipinski definition) is 4. The molecule has 0 atom stereocenters. The Balaban J connectivity index is 1.71. The van der Waals surface area contributed by atoms with Crippen LogP contribution in [0.4, 0.5) is 4.79 Å². The Morgan fingerprint density at radius 1 is 1.03 bits per heavy atom. The Kier molecular flexibility index (Phi) is 6.93. The monoisotopic (exact) mass is 400 g/mol. The van der Waals surface area contributed by atoms with Gasteiger partial charge in [0.2, 0.25) is 0 Å². The van der Waals surface area contributed by atoms with Crippen LogP contribution in [0.5, 0.6) is 0 Å². The van der Waals surface area contributed by atoms with Gasteiger partial charge in [0.1, 0.15) is 5.54 Å². The van der Waals surface area contributed by atoms with Gasteiger partial charge in [-0.3, -0.25) is 14.7 Å². The number of aromatic nitrogens is 1. The Bertz CT molecular complexity index is 696. The molecule has 1 spiro atoms. The van der Waals surface area contributed by atoms with E-state index in [2.05, 4.69) is 37.6 Å². The van der Waals surface area contributed by atoms with E-state index in [-0.39, 0.29) is 11.9 Å². The Labute approximate surface area is 175 Å². The molecule has 2 aliphatic heterocycles. The van der Waals surface area contributed by atoms with Crippen LogP contribution in [0.1, 0.15) is 58.9 Å². The molecule has 0 radical (unpaired) electrons. The van der Waals surface area contributed by atoms with Gasteiger partial charge in [-0.2, -0.15) is 0 Å². The van der Waals surface area contributed by atoms with Crippen LogP contribution in [-0.2, 0) is 11.2 Å². The van der Waals surface area contributed by atoms with Gasteiger partial charge in [0, 0.05) is 44.6 Å². The number of aryl methyl sites for hydroxylation is 1. The van der Waals surface area contributed by atoms with Crippen molar-refractivity contribution >= 4 is 11.9 Å². The molecular formula is C23H36N4O2. The van der Waals surface area contributed by atoms with Crippen molar-refractivity contribution in [2.75, 3.05) is 26.2 Å². The van der Waals surface area contributed by atoms with Crippen molar-refractivity contribution in [2.24, 2.45) is 5.92 Å². The number of carbonyl (C=O) groups is 2. The molecule has 2 aliphatic rings. The SMILES string of the molecule is CC(C)CCN1C(=O)N(CCCc2ccncc2)C(=O)C12CCN(C(C)C)CC2. The summed E-state index contributed by atoms with van der Waals surface area (Å²) in [7, 11) is 0. The smallest absolute Gasteiger partial charge is 0.309 e. The highest BCUT2D eigenvalue weighted by Gasteiger charge is 2.57. The third kappa shape index (κ3) is 4.63. The zero-order chi connectivity index (χ0) is 21.0. The number of urea groups is 1. The minimum atomic E-state index is -0.631. The van der Waals surface area contributed by atoms with Crippen LogP contribution >= 0.6 is 0 Å². The quantitative estimate of drug-likeness (QED) is 0.626. The van der Waals surface area contributed by atoms with Gasteiger partial charge in [0.05, 0.1) is 0 Å². The van der Waals surface area contributed by atoms with E-state index in [9.17, 15) is 9.59 Å². The summed E-state index contributed by atoms with van der Waals surface area (Å²) in [6.45, 7) is 11.6. The summed E-state index contributed by atoms with van der Waals surface area (Å²) in [5, 5.41) is 0. The van der Waals surface area contributed by atoms with Crippen molar-refractivity contribution < 1.29 is 9.59 Å². The van der Waals surface area contributed by atoms with Gasteiger partial charge in [-0.05, 0) is 69.6 Å². The molecule has 160 valence electrons. The van der Waals surface area contributed by atoms with Crippen LogP contribution in [0.3, 0.4) is 0 Å². The lowest BCUT2D eigenvalue weighted by Gasteiger charge is -2.43. The van der Waals surface area contributed by atoms with E-state index in [0.717, 1.165) is 45.2 Å². The summed E-state index contributed by atoms with van der Waals surface area (Å²) < 4.78 is 0. The van der Waals surface area contributed by atoms with Gasteiger partial charge in [-0.15, -0.1) is 0 Å². The van der Waals surface area contributed by atoms with Crippen molar-refractivity contribution in [3.63, 3.8) is 0 Å². The van der Waals surface area contributed by atoms with Crippen LogP contribution in [0.25, 0.3) is 0 Å². The number of piperidine rings is 1. The average molecular weight is 401 g/mol. The van der Waals surface area contributed by atoms with E-state index in [1.165, 1.54) is 10.5 Å². The molecule has 2 fully saturated rings. The van der Waals surface area contributed by atoms with Crippen molar-refractivity contribution in [3.8, 4) is 0 Å². The first-order valence-electron chi connectivity index (χ1n) is 11.1. The molecule has 0 aliphatic carbocycles. The first-order chi connectivity index (χ1) is 13.8. The lowest BCUT2D eigenvalue weighted by molar-refractivity contribution is -0.136. The Morgan fingerprint density at radius 3 is 2.28 bits per heavy atom. The van der Waals surface area contributed by atoms with Crippen LogP contribution in [0, 0.1) is 5.92 Å². The Hall–Kier alpha value is -1.95. The minimum Gasteiger partial charge on any atom is -0.309 e. The molecule has 0 unspecified atom stereocenters. The number of rotatable bonds is 8. The van der Waals surface area contributed by atoms with Crippen LogP contribution in [-0.4, -0.2) is 69.4 Å². The van der Waals surface area contributed by atoms with Gasteiger partial charge < -0.3 is 9.80 Å². The molecule has 3 amide bonds. The van der Waals surface area contributed by atoms with E-state index in [1.807, 2.05) is 17.0 Å². The highest BCUT2D eigenvalue weighted by atomic mass is 16.2. The first-order valence-corrected chi connectivity index (χ1v) is 11.1. The van der Waals surface area contributed by atoms with Crippen molar-refractivity contribution in [1.82, 2.24) is 19.7 Å². The zero-order valence-corrected chi connectivity index (χ0v) is 18.4. The number of amides is 3. The summed E-state index contributed by atoms with van der Waals surface area (Å²) in [5.41, 5.74) is 0.560. The number of carbonyl (C=O) groups excluding carboxylic acids is 2. The fourth-order valence-corrected chi connectivity index (χ4v) is 4.56. The van der Waals surface area contributed by atoms with E-state index in [4.69, 9.17) is 0 Å². The molecule has 6 heteroatoms. The number of nitrogens with zero attached hydrogens (tertiary/aromatic N) is 4. The first kappa shape index (κ1) is 21.8. The highest BCUT2D eigenvalue weighted by Crippen LogP contribution is 2.38. The van der Waals surface area contributed by atoms with Gasteiger partial charge in [0.25, 0.3) is 5.91 Å². The number of hydrogen-bond donors (Lipinski definition) is 0. The van der Waals surface area contributed by atoms with Crippen LogP contribution in [0.15, 0.2) is 24.5 Å². The van der Waals surface area contributed by atoms with Gasteiger partial charge in [-0.1, -0.05) is 13.8 Å². The van der Waals surface area contributed by atoms with Crippen molar-refractivity contribution in [1.29, 1.82) is 0 Å². The maximum atomic E-state index is 13.5. The third-order valence-electron chi connectivity index (χ3n) is 6.50. The van der Waals surface area contributed by atoms with Crippen molar-refractivity contribution in [3.05, 3.63) is 30.1 Å². The molecule has 0 saturated carbocycles. The van der Waals surface area contributed by atoms with E-state index in [0.29, 0.717) is 25.0 Å². The van der Waals surface area contributed by atoms with E-state index in [1.54, 1.807) is 12.4 Å². The number of imide groups is 1. The standard InChI is InChI=1S/C23H36N4O2/c1-18(2)9-15-27-22(29)26(14-5-6-20-7-12-24-13-8-20)21(28)23(27)10-16-25(17-11-23)19(3)4/h7-8,12-13,18-19H,5-6,9-11,14-17H2,1-4H3. The van der Waals surface area contributed by atoms with Crippen LogP contribution in [0.2, 0.25) is 0 Å². The van der Waals surface area contributed by atoms with Gasteiger partial charge >= 0.3 is 6.03 Å². The minimum absolute atomic E-state index is 0.0318. The summed E-state index contributed by atoms with van der Waals surface area (Å²) in [5.74, 6) is 0.538. The molecule has 6 nitrogen and oxygen atoms in total. The second-order valence-corrected chi connectivity index (χ2v) is 9.19. The molecule has 2 saturated heterocycles. The second-order valence-electron chi connectivity index (χ2n) is 9.19. The van der Waals surface area contributed by atoms with Crippen molar-refractivity contribution in [2.45, 2.75) is 71.4 Å². The Morgan fingerprint density at radius 2 is 1.69 bits per heavy atom. The molecule has 0 bridgehead atoms. The lowest BCUT2D eigenvalue weighted by Crippen LogP contribution is -2.57. The predicted molar refractivity (Wildman–Crippen MR) is 115 cm³/mol. The number of likely N-dealkylation sites (tertiary alicyclic amines) is 1. The van der Waals surface area contributed by atoms with E-state index >= 15 is 0 Å². The molecule has 0 N–H and O–H groups in total. The fourth-order valence-electron chi connectivity index (χ4n) is 4.56. The summed E-state index contributed by atoms with van der Waals surface area (Å²) >= 11 is 0. The fraction of sp³-hybridized carbons (Fsp3) is 0.696. The molecule has 1 aromatic heterocycles. The zero-order valence-electron chi connectivity index (χ0n) is 18.4. The molecule has 1 aromatic rings. The molecule has 29 heavy (non-hydrogen) atoms. The average Bonchev–Trinajstić information content (AvgIpc) is 2.88. The molecule has 3 heterocycles. The van der Waals surface area contributed by atoms with E-state index < -0.39 is 5.54 Å². The predicted octanol–water partition coefficient (Wildman–Crippen LogP) is 3.57. The molecule has 0 aromatic carbocycles. The summed E-state index contributed by atoms with van der Waals surface area (Å²) in [6.07, 6.45) is 7.62. The number of pyridine rings is 1. The summed E-state index contributed by atoms with van der Waals surface area (Å²) in [6, 6.07) is 4.38. The summed E-state index contributed by atoms with van der Waals surface area (Å²) in [4.78, 5) is 36.7. The third-order valence-corrected chi connectivity index (χ3v) is 6.50. The highest BCUT2D eigenvalue weighted by molar-refractivity contribution is 6.07. The molecule has 3 rings (SSSR count).